The van der Waals surface area contributed by atoms with Crippen LogP contribution in [0.3, 0.4) is 0 Å². The first-order valence-corrected chi connectivity index (χ1v) is 7.97. The number of sulfone groups is 1. The Kier molecular flexibility index (Phi) is 3.10. The molecule has 0 amide bonds. The zero-order chi connectivity index (χ0) is 12.7. The Morgan fingerprint density at radius 2 is 2.06 bits per heavy atom. The number of hydrogen-bond donors (Lipinski definition) is 1. The van der Waals surface area contributed by atoms with Crippen molar-refractivity contribution in [2.24, 2.45) is 10.7 Å². The van der Waals surface area contributed by atoms with Crippen LogP contribution in [0, 0.1) is 0 Å². The maximum Gasteiger partial charge on any atom is 0.191 e. The lowest BCUT2D eigenvalue weighted by atomic mass is 9.84. The Bertz CT molecular complexity index is 422. The maximum absolute atomic E-state index is 11.7. The number of nitrogens with zero attached hydrogens (tertiary/aromatic N) is 2. The molecule has 17 heavy (non-hydrogen) atoms. The van der Waals surface area contributed by atoms with Crippen molar-refractivity contribution in [3.05, 3.63) is 0 Å². The molecule has 0 aliphatic heterocycles. The molecule has 2 N–H and O–H groups in total. The fraction of sp³-hybridized carbons (Fsp3) is 0.909. The van der Waals surface area contributed by atoms with Crippen LogP contribution in [-0.4, -0.2) is 49.9 Å². The monoisotopic (exact) mass is 259 g/mol. The van der Waals surface area contributed by atoms with Gasteiger partial charge in [-0.2, -0.15) is 0 Å². The van der Waals surface area contributed by atoms with Crippen molar-refractivity contribution in [3.8, 4) is 0 Å². The zero-order valence-corrected chi connectivity index (χ0v) is 11.3. The molecule has 0 unspecified atom stereocenters. The summed E-state index contributed by atoms with van der Waals surface area (Å²) in [5, 5.41) is 0. The van der Waals surface area contributed by atoms with E-state index in [1.807, 2.05) is 11.9 Å². The van der Waals surface area contributed by atoms with Gasteiger partial charge in [0.1, 0.15) is 0 Å². The maximum atomic E-state index is 11.7. The first kappa shape index (κ1) is 12.7. The quantitative estimate of drug-likeness (QED) is 0.584. The minimum atomic E-state index is -3.03. The first-order valence-electron chi connectivity index (χ1n) is 6.08. The Morgan fingerprint density at radius 1 is 1.47 bits per heavy atom. The van der Waals surface area contributed by atoms with Crippen LogP contribution < -0.4 is 5.73 Å². The fourth-order valence-electron chi connectivity index (χ4n) is 2.20. The molecule has 6 heteroatoms. The van der Waals surface area contributed by atoms with E-state index in [9.17, 15) is 8.42 Å². The summed E-state index contributed by atoms with van der Waals surface area (Å²) in [5.74, 6) is 0.474. The molecular weight excluding hydrogens is 238 g/mol. The van der Waals surface area contributed by atoms with Gasteiger partial charge < -0.3 is 10.6 Å². The van der Waals surface area contributed by atoms with E-state index in [1.54, 1.807) is 0 Å². The third-order valence-corrected chi connectivity index (χ3v) is 6.15. The summed E-state index contributed by atoms with van der Waals surface area (Å²) >= 11 is 0. The van der Waals surface area contributed by atoms with Gasteiger partial charge >= 0.3 is 0 Å². The number of hydrogen-bond acceptors (Lipinski definition) is 3. The molecule has 0 aromatic heterocycles. The van der Waals surface area contributed by atoms with E-state index in [0.717, 1.165) is 32.1 Å². The van der Waals surface area contributed by atoms with Crippen LogP contribution in [0.5, 0.6) is 0 Å². The molecule has 0 atom stereocenters. The first-order chi connectivity index (χ1) is 7.86. The smallest absolute Gasteiger partial charge is 0.191 e. The van der Waals surface area contributed by atoms with Crippen LogP contribution >= 0.6 is 0 Å². The van der Waals surface area contributed by atoms with E-state index in [-0.39, 0.29) is 0 Å². The van der Waals surface area contributed by atoms with E-state index >= 15 is 0 Å². The number of aliphatic imine (C=N–C) groups is 1. The van der Waals surface area contributed by atoms with Crippen molar-refractivity contribution in [1.29, 1.82) is 0 Å². The molecule has 2 aliphatic rings. The van der Waals surface area contributed by atoms with Gasteiger partial charge in [-0.05, 0) is 25.7 Å². The van der Waals surface area contributed by atoms with Crippen LogP contribution in [0.15, 0.2) is 4.99 Å². The van der Waals surface area contributed by atoms with Gasteiger partial charge in [0, 0.05) is 19.3 Å². The molecule has 0 radical (unpaired) electrons. The number of nitrogens with two attached hydrogens (primary N) is 1. The highest BCUT2D eigenvalue weighted by Gasteiger charge is 2.46. The van der Waals surface area contributed by atoms with Crippen molar-refractivity contribution >= 4 is 15.8 Å². The molecule has 2 fully saturated rings. The second kappa shape index (κ2) is 4.15. The van der Waals surface area contributed by atoms with Crippen molar-refractivity contribution in [1.82, 2.24) is 4.90 Å². The van der Waals surface area contributed by atoms with Crippen LogP contribution in [0.2, 0.25) is 0 Å². The molecule has 0 heterocycles. The molecule has 2 rings (SSSR count). The molecular formula is C11H21N3O2S. The van der Waals surface area contributed by atoms with Crippen molar-refractivity contribution < 1.29 is 8.42 Å². The SMILES string of the molecule is CN(C(N)=NCC1(S(C)(=O)=O)CCC1)C1CC1. The molecule has 98 valence electrons. The highest BCUT2D eigenvalue weighted by atomic mass is 32.2. The van der Waals surface area contributed by atoms with Gasteiger partial charge in [-0.15, -0.1) is 0 Å². The minimum Gasteiger partial charge on any atom is -0.370 e. The lowest BCUT2D eigenvalue weighted by Gasteiger charge is -2.38. The van der Waals surface area contributed by atoms with Gasteiger partial charge in [-0.1, -0.05) is 6.42 Å². The van der Waals surface area contributed by atoms with Gasteiger partial charge in [-0.3, -0.25) is 4.99 Å². The summed E-state index contributed by atoms with van der Waals surface area (Å²) < 4.78 is 22.8. The minimum absolute atomic E-state index is 0.314. The lowest BCUT2D eigenvalue weighted by Crippen LogP contribution is -2.48. The average Bonchev–Trinajstić information content (AvgIpc) is 2.95. The van der Waals surface area contributed by atoms with Crippen LogP contribution in [-0.2, 0) is 9.84 Å². The molecule has 0 spiro atoms. The van der Waals surface area contributed by atoms with Crippen LogP contribution in [0.1, 0.15) is 32.1 Å². The van der Waals surface area contributed by atoms with Gasteiger partial charge in [0.2, 0.25) is 0 Å². The second-order valence-corrected chi connectivity index (χ2v) is 7.74. The fourth-order valence-corrected chi connectivity index (χ4v) is 3.53. The Labute approximate surface area is 103 Å². The van der Waals surface area contributed by atoms with E-state index in [2.05, 4.69) is 4.99 Å². The number of rotatable bonds is 4. The van der Waals surface area contributed by atoms with Gasteiger partial charge in [0.25, 0.3) is 0 Å². The van der Waals surface area contributed by atoms with Crippen molar-refractivity contribution in [2.75, 3.05) is 19.8 Å². The summed E-state index contributed by atoms with van der Waals surface area (Å²) in [6, 6.07) is 0.509. The summed E-state index contributed by atoms with van der Waals surface area (Å²) in [4.78, 5) is 6.24. The van der Waals surface area contributed by atoms with E-state index in [4.69, 9.17) is 5.73 Å². The van der Waals surface area contributed by atoms with Crippen molar-refractivity contribution in [2.45, 2.75) is 42.9 Å². The van der Waals surface area contributed by atoms with E-state index in [0.29, 0.717) is 18.5 Å². The van der Waals surface area contributed by atoms with E-state index in [1.165, 1.54) is 6.26 Å². The standard InChI is InChI=1S/C11H21N3O2S/c1-14(9-4-5-9)10(12)13-8-11(6-3-7-11)17(2,15)16/h9H,3-8H2,1-2H3,(H2,12,13). The summed E-state index contributed by atoms with van der Waals surface area (Å²) in [6.45, 7) is 0.314. The van der Waals surface area contributed by atoms with Gasteiger partial charge in [0.15, 0.2) is 15.8 Å². The zero-order valence-electron chi connectivity index (χ0n) is 10.5. The molecule has 5 nitrogen and oxygen atoms in total. The third kappa shape index (κ3) is 2.41. The summed E-state index contributed by atoms with van der Waals surface area (Å²) in [5.41, 5.74) is 5.87. The van der Waals surface area contributed by atoms with Crippen molar-refractivity contribution in [3.63, 3.8) is 0 Å². The molecule has 2 aliphatic carbocycles. The summed E-state index contributed by atoms with van der Waals surface area (Å²) in [7, 11) is -1.11. The molecule has 2 saturated carbocycles. The topological polar surface area (TPSA) is 75.8 Å². The molecule has 0 bridgehead atoms. The predicted octanol–water partition coefficient (Wildman–Crippen LogP) is 0.363. The Balaban J connectivity index is 2.02. The Hall–Kier alpha value is -0.780. The largest absolute Gasteiger partial charge is 0.370 e. The van der Waals surface area contributed by atoms with Gasteiger partial charge in [-0.25, -0.2) is 8.42 Å². The van der Waals surface area contributed by atoms with Crippen LogP contribution in [0.4, 0.5) is 0 Å². The molecule has 0 saturated heterocycles. The van der Waals surface area contributed by atoms with Crippen LogP contribution in [0.25, 0.3) is 0 Å². The number of guanidine groups is 1. The highest BCUT2D eigenvalue weighted by molar-refractivity contribution is 7.92. The normalized spacial score (nSPS) is 24.2. The third-order valence-electron chi connectivity index (χ3n) is 4.04. The predicted molar refractivity (Wildman–Crippen MR) is 68.7 cm³/mol. The second-order valence-electron chi connectivity index (χ2n) is 5.33. The molecule has 0 aromatic rings. The molecule has 0 aromatic carbocycles. The average molecular weight is 259 g/mol. The summed E-state index contributed by atoms with van der Waals surface area (Å²) in [6.07, 6.45) is 6.03. The Morgan fingerprint density at radius 3 is 2.41 bits per heavy atom. The lowest BCUT2D eigenvalue weighted by molar-refractivity contribution is 0.344. The highest BCUT2D eigenvalue weighted by Crippen LogP contribution is 2.39. The van der Waals surface area contributed by atoms with E-state index < -0.39 is 14.6 Å². The van der Waals surface area contributed by atoms with Gasteiger partial charge in [0.05, 0.1) is 11.3 Å².